The SMILES string of the molecule is CCCCOc1ccc(C(=O)Nc2oc(-c3ccccc3)c(-c3ccccc3)c2C#N)cc1OCC. The molecule has 0 aliphatic rings. The molecule has 0 atom stereocenters. The van der Waals surface area contributed by atoms with Gasteiger partial charge in [-0.15, -0.1) is 0 Å². The fourth-order valence-corrected chi connectivity index (χ4v) is 3.84. The number of unbranched alkanes of at least 4 members (excludes halogenated alkanes) is 1. The maximum Gasteiger partial charge on any atom is 0.258 e. The van der Waals surface area contributed by atoms with Crippen LogP contribution in [0.25, 0.3) is 22.5 Å². The predicted molar refractivity (Wildman–Crippen MR) is 140 cm³/mol. The summed E-state index contributed by atoms with van der Waals surface area (Å²) >= 11 is 0. The third kappa shape index (κ3) is 5.42. The molecule has 6 heteroatoms. The lowest BCUT2D eigenvalue weighted by atomic mass is 9.98. The van der Waals surface area contributed by atoms with E-state index in [2.05, 4.69) is 18.3 Å². The predicted octanol–water partition coefficient (Wildman–Crippen LogP) is 7.32. The quantitative estimate of drug-likeness (QED) is 0.240. The Hall–Kier alpha value is -4.50. The highest BCUT2D eigenvalue weighted by Crippen LogP contribution is 2.41. The average molecular weight is 481 g/mol. The number of hydrogen-bond donors (Lipinski definition) is 1. The molecule has 1 aromatic heterocycles. The monoisotopic (exact) mass is 480 g/mol. The number of amides is 1. The summed E-state index contributed by atoms with van der Waals surface area (Å²) in [5.74, 6) is 1.29. The molecule has 0 saturated heterocycles. The lowest BCUT2D eigenvalue weighted by molar-refractivity contribution is 0.102. The van der Waals surface area contributed by atoms with E-state index < -0.39 is 5.91 Å². The molecule has 0 bridgehead atoms. The summed E-state index contributed by atoms with van der Waals surface area (Å²) in [5.41, 5.74) is 2.89. The molecule has 0 spiro atoms. The van der Waals surface area contributed by atoms with Crippen LogP contribution in [0.2, 0.25) is 0 Å². The van der Waals surface area contributed by atoms with Gasteiger partial charge in [0.15, 0.2) is 11.5 Å². The molecule has 6 nitrogen and oxygen atoms in total. The Kier molecular flexibility index (Phi) is 8.05. The Bertz CT molecular complexity index is 1360. The number of rotatable bonds is 10. The van der Waals surface area contributed by atoms with Crippen LogP contribution in [0.4, 0.5) is 5.88 Å². The van der Waals surface area contributed by atoms with Crippen LogP contribution in [0, 0.1) is 11.3 Å². The van der Waals surface area contributed by atoms with E-state index in [-0.39, 0.29) is 11.4 Å². The minimum absolute atomic E-state index is 0.0986. The number of ether oxygens (including phenoxy) is 2. The van der Waals surface area contributed by atoms with E-state index in [1.54, 1.807) is 18.2 Å². The van der Waals surface area contributed by atoms with E-state index >= 15 is 0 Å². The van der Waals surface area contributed by atoms with Crippen molar-refractivity contribution in [2.45, 2.75) is 26.7 Å². The normalized spacial score (nSPS) is 10.5. The van der Waals surface area contributed by atoms with Crippen molar-refractivity contribution in [3.63, 3.8) is 0 Å². The molecule has 3 aromatic carbocycles. The van der Waals surface area contributed by atoms with Gasteiger partial charge in [-0.05, 0) is 37.1 Å². The van der Waals surface area contributed by atoms with Gasteiger partial charge in [-0.1, -0.05) is 74.0 Å². The topological polar surface area (TPSA) is 84.5 Å². The Morgan fingerprint density at radius 1 is 0.917 bits per heavy atom. The van der Waals surface area contributed by atoms with Crippen LogP contribution in [0.5, 0.6) is 11.5 Å². The number of anilines is 1. The van der Waals surface area contributed by atoms with Gasteiger partial charge in [0, 0.05) is 16.7 Å². The molecule has 4 rings (SSSR count). The van der Waals surface area contributed by atoms with Gasteiger partial charge < -0.3 is 13.9 Å². The summed E-state index contributed by atoms with van der Waals surface area (Å²) in [4.78, 5) is 13.2. The molecular formula is C30H28N2O4. The first-order chi connectivity index (χ1) is 17.7. The summed E-state index contributed by atoms with van der Waals surface area (Å²) in [6, 6.07) is 26.3. The zero-order valence-electron chi connectivity index (χ0n) is 20.4. The molecule has 0 aliphatic heterocycles. The highest BCUT2D eigenvalue weighted by Gasteiger charge is 2.25. The van der Waals surface area contributed by atoms with E-state index in [1.807, 2.05) is 67.6 Å². The highest BCUT2D eigenvalue weighted by atomic mass is 16.5. The molecular weight excluding hydrogens is 452 g/mol. The van der Waals surface area contributed by atoms with E-state index in [0.29, 0.717) is 41.6 Å². The molecule has 0 aliphatic carbocycles. The number of hydrogen-bond acceptors (Lipinski definition) is 5. The van der Waals surface area contributed by atoms with Gasteiger partial charge in [0.05, 0.1) is 13.2 Å². The lowest BCUT2D eigenvalue weighted by Crippen LogP contribution is -2.13. The Morgan fingerprint density at radius 2 is 1.61 bits per heavy atom. The van der Waals surface area contributed by atoms with Crippen molar-refractivity contribution in [2.75, 3.05) is 18.5 Å². The fourth-order valence-electron chi connectivity index (χ4n) is 3.84. The Morgan fingerprint density at radius 3 is 2.25 bits per heavy atom. The highest BCUT2D eigenvalue weighted by molar-refractivity contribution is 6.05. The van der Waals surface area contributed by atoms with Gasteiger partial charge in [0.1, 0.15) is 17.4 Å². The number of carbonyl (C=O) groups excluding carboxylic acids is 1. The van der Waals surface area contributed by atoms with E-state index in [1.165, 1.54) is 0 Å². The first-order valence-electron chi connectivity index (χ1n) is 12.0. The maximum absolute atomic E-state index is 13.2. The third-order valence-corrected chi connectivity index (χ3v) is 5.61. The maximum atomic E-state index is 13.2. The number of furan rings is 1. The molecule has 4 aromatic rings. The number of nitrogens with zero attached hydrogens (tertiary/aromatic N) is 1. The number of carbonyl (C=O) groups is 1. The van der Waals surface area contributed by atoms with Gasteiger partial charge in [0.2, 0.25) is 5.88 Å². The van der Waals surface area contributed by atoms with Crippen LogP contribution in [-0.2, 0) is 0 Å². The molecule has 1 heterocycles. The Balaban J connectivity index is 1.70. The second kappa shape index (κ2) is 11.8. The summed E-state index contributed by atoms with van der Waals surface area (Å²) in [6.45, 7) is 4.98. The zero-order chi connectivity index (χ0) is 25.3. The summed E-state index contributed by atoms with van der Waals surface area (Å²) in [5, 5.41) is 12.9. The van der Waals surface area contributed by atoms with Crippen molar-refractivity contribution < 1.29 is 18.7 Å². The molecule has 36 heavy (non-hydrogen) atoms. The van der Waals surface area contributed by atoms with E-state index in [4.69, 9.17) is 13.9 Å². The van der Waals surface area contributed by atoms with Crippen molar-refractivity contribution in [1.29, 1.82) is 5.26 Å². The van der Waals surface area contributed by atoms with Gasteiger partial charge >= 0.3 is 0 Å². The molecule has 0 unspecified atom stereocenters. The van der Waals surface area contributed by atoms with Crippen LogP contribution in [0.1, 0.15) is 42.6 Å². The standard InChI is InChI=1S/C30H28N2O4/c1-3-5-18-35-25-17-16-23(19-26(25)34-4-2)29(33)32-30-24(20-31)27(21-12-8-6-9-13-21)28(36-30)22-14-10-7-11-15-22/h6-17,19H,3-5,18H2,1-2H3,(H,32,33). The average Bonchev–Trinajstić information content (AvgIpc) is 3.28. The smallest absolute Gasteiger partial charge is 0.258 e. The van der Waals surface area contributed by atoms with Gasteiger partial charge in [0.25, 0.3) is 5.91 Å². The summed E-state index contributed by atoms with van der Waals surface area (Å²) < 4.78 is 17.7. The Labute approximate surface area is 211 Å². The van der Waals surface area contributed by atoms with Gasteiger partial charge in [-0.3, -0.25) is 10.1 Å². The molecule has 1 N–H and O–H groups in total. The number of benzene rings is 3. The molecule has 0 radical (unpaired) electrons. The van der Waals surface area contributed by atoms with Crippen LogP contribution in [0.3, 0.4) is 0 Å². The minimum Gasteiger partial charge on any atom is -0.490 e. The van der Waals surface area contributed by atoms with E-state index in [9.17, 15) is 10.1 Å². The number of nitrogens with one attached hydrogen (secondary N) is 1. The summed E-state index contributed by atoms with van der Waals surface area (Å²) in [7, 11) is 0. The molecule has 0 fully saturated rings. The largest absolute Gasteiger partial charge is 0.490 e. The minimum atomic E-state index is -0.416. The lowest BCUT2D eigenvalue weighted by Gasteiger charge is -2.13. The molecule has 1 amide bonds. The van der Waals surface area contributed by atoms with Crippen molar-refractivity contribution >= 4 is 11.8 Å². The van der Waals surface area contributed by atoms with Crippen LogP contribution >= 0.6 is 0 Å². The fraction of sp³-hybridized carbons (Fsp3) is 0.200. The first-order valence-corrected chi connectivity index (χ1v) is 12.0. The molecule has 182 valence electrons. The second-order valence-corrected chi connectivity index (χ2v) is 8.10. The third-order valence-electron chi connectivity index (χ3n) is 5.61. The second-order valence-electron chi connectivity index (χ2n) is 8.10. The van der Waals surface area contributed by atoms with Gasteiger partial charge in [-0.2, -0.15) is 5.26 Å². The van der Waals surface area contributed by atoms with Crippen LogP contribution in [0.15, 0.2) is 83.3 Å². The van der Waals surface area contributed by atoms with E-state index in [0.717, 1.165) is 24.0 Å². The van der Waals surface area contributed by atoms with Crippen molar-refractivity contribution in [3.05, 3.63) is 90.0 Å². The van der Waals surface area contributed by atoms with Gasteiger partial charge in [-0.25, -0.2) is 0 Å². The van der Waals surface area contributed by atoms with Crippen LogP contribution < -0.4 is 14.8 Å². The number of nitriles is 1. The van der Waals surface area contributed by atoms with Crippen LogP contribution in [-0.4, -0.2) is 19.1 Å². The molecule has 0 saturated carbocycles. The zero-order valence-corrected chi connectivity index (χ0v) is 20.4. The first kappa shape index (κ1) is 24.6. The summed E-state index contributed by atoms with van der Waals surface area (Å²) in [6.07, 6.45) is 1.95. The van der Waals surface area contributed by atoms with Crippen molar-refractivity contribution in [3.8, 4) is 40.0 Å². The van der Waals surface area contributed by atoms with Crippen molar-refractivity contribution in [1.82, 2.24) is 0 Å². The van der Waals surface area contributed by atoms with Crippen molar-refractivity contribution in [2.24, 2.45) is 0 Å².